The number of hydrogen-bond donors (Lipinski definition) is 0. The molecule has 0 aliphatic rings. The Morgan fingerprint density at radius 3 is 2.50 bits per heavy atom. The maximum Gasteiger partial charge on any atom is 0.417 e. The van der Waals surface area contributed by atoms with Crippen LogP contribution in [0.4, 0.5) is 13.2 Å². The number of nitrogens with zero attached hydrogens (tertiary/aromatic N) is 2. The van der Waals surface area contributed by atoms with Crippen LogP contribution >= 0.6 is 23.1 Å². The first-order valence-corrected chi connectivity index (χ1v) is 9.99. The summed E-state index contributed by atoms with van der Waals surface area (Å²) in [5.41, 5.74) is 1.41. The van der Waals surface area contributed by atoms with Gasteiger partial charge in [-0.05, 0) is 24.3 Å². The second kappa shape index (κ2) is 9.42. The number of alkyl halides is 3. The molecule has 1 aromatic heterocycles. The highest BCUT2D eigenvalue weighted by Gasteiger charge is 2.34. The van der Waals surface area contributed by atoms with E-state index in [1.807, 2.05) is 0 Å². The minimum atomic E-state index is -4.36. The second-order valence-electron chi connectivity index (χ2n) is 5.57. The summed E-state index contributed by atoms with van der Waals surface area (Å²) in [4.78, 5) is 0.296. The van der Waals surface area contributed by atoms with E-state index >= 15 is 0 Å². The Bertz CT molecular complexity index is 613. The summed E-state index contributed by atoms with van der Waals surface area (Å²) in [5, 5.41) is 8.04. The molecule has 132 valence electrons. The number of unbranched alkanes of at least 4 members (excludes halogenated alkanes) is 5. The van der Waals surface area contributed by atoms with Gasteiger partial charge in [0.15, 0.2) is 0 Å². The van der Waals surface area contributed by atoms with Crippen molar-refractivity contribution in [1.82, 2.24) is 10.2 Å². The minimum absolute atomic E-state index is 0.296. The van der Waals surface area contributed by atoms with E-state index in [0.29, 0.717) is 21.2 Å². The maximum absolute atomic E-state index is 13.3. The molecule has 24 heavy (non-hydrogen) atoms. The highest BCUT2D eigenvalue weighted by Crippen LogP contribution is 2.39. The van der Waals surface area contributed by atoms with E-state index in [4.69, 9.17) is 0 Å². The van der Waals surface area contributed by atoms with E-state index in [0.717, 1.165) is 19.3 Å². The third-order valence-electron chi connectivity index (χ3n) is 3.65. The van der Waals surface area contributed by atoms with Gasteiger partial charge in [-0.3, -0.25) is 0 Å². The van der Waals surface area contributed by atoms with Crippen LogP contribution in [0.2, 0.25) is 0 Å². The predicted octanol–water partition coefficient (Wildman–Crippen LogP) is 6.68. The zero-order valence-electron chi connectivity index (χ0n) is 13.6. The number of thioether (sulfide) groups is 1. The van der Waals surface area contributed by atoms with Crippen LogP contribution in [0.15, 0.2) is 28.6 Å². The van der Waals surface area contributed by atoms with Crippen LogP contribution in [0.25, 0.3) is 10.6 Å². The molecule has 0 aliphatic heterocycles. The molecule has 0 fully saturated rings. The van der Waals surface area contributed by atoms with Crippen molar-refractivity contribution >= 4 is 23.1 Å². The van der Waals surface area contributed by atoms with Gasteiger partial charge in [0.05, 0.1) is 5.56 Å². The molecule has 1 heterocycles. The van der Waals surface area contributed by atoms with Crippen molar-refractivity contribution < 1.29 is 13.2 Å². The zero-order valence-corrected chi connectivity index (χ0v) is 15.2. The van der Waals surface area contributed by atoms with E-state index in [2.05, 4.69) is 17.1 Å². The van der Waals surface area contributed by atoms with Gasteiger partial charge in [0.2, 0.25) is 0 Å². The fraction of sp³-hybridized carbons (Fsp3) is 0.529. The van der Waals surface area contributed by atoms with Crippen molar-refractivity contribution in [3.63, 3.8) is 0 Å². The summed E-state index contributed by atoms with van der Waals surface area (Å²) in [6.45, 7) is 2.17. The first-order valence-electron chi connectivity index (χ1n) is 8.13. The van der Waals surface area contributed by atoms with Crippen LogP contribution in [0, 0.1) is 0 Å². The summed E-state index contributed by atoms with van der Waals surface area (Å²) in [6, 6.07) is 4.44. The predicted molar refractivity (Wildman–Crippen MR) is 94.4 cm³/mol. The standard InChI is InChI=1S/C17H21F3N2S2/c1-2-3-4-5-6-7-10-23-15-9-8-13(16-22-21-12-24-16)11-14(15)17(18,19)20/h8-9,11-12H,2-7,10H2,1H3. The lowest BCUT2D eigenvalue weighted by Crippen LogP contribution is -2.07. The summed E-state index contributed by atoms with van der Waals surface area (Å²) in [5.74, 6) is 0.716. The van der Waals surface area contributed by atoms with Crippen LogP contribution in [0.1, 0.15) is 51.0 Å². The topological polar surface area (TPSA) is 25.8 Å². The Labute approximate surface area is 148 Å². The highest BCUT2D eigenvalue weighted by molar-refractivity contribution is 7.99. The van der Waals surface area contributed by atoms with E-state index in [9.17, 15) is 13.2 Å². The van der Waals surface area contributed by atoms with Crippen molar-refractivity contribution in [2.24, 2.45) is 0 Å². The average molecular weight is 374 g/mol. The molecule has 0 aliphatic carbocycles. The van der Waals surface area contributed by atoms with Crippen LogP contribution in [0.3, 0.4) is 0 Å². The van der Waals surface area contributed by atoms with E-state index in [1.54, 1.807) is 12.1 Å². The molecule has 0 saturated carbocycles. The Morgan fingerprint density at radius 1 is 1.08 bits per heavy atom. The first kappa shape index (κ1) is 19.2. The van der Waals surface area contributed by atoms with E-state index in [1.165, 1.54) is 53.9 Å². The van der Waals surface area contributed by atoms with Crippen molar-refractivity contribution in [3.05, 3.63) is 29.3 Å². The highest BCUT2D eigenvalue weighted by atomic mass is 32.2. The van der Waals surface area contributed by atoms with E-state index in [-0.39, 0.29) is 0 Å². The quantitative estimate of drug-likeness (QED) is 0.362. The Balaban J connectivity index is 1.99. The number of halogens is 3. The smallest absolute Gasteiger partial charge is 0.166 e. The third kappa shape index (κ3) is 5.77. The molecule has 0 radical (unpaired) electrons. The van der Waals surface area contributed by atoms with E-state index < -0.39 is 11.7 Å². The summed E-state index contributed by atoms with van der Waals surface area (Å²) < 4.78 is 40.0. The molecular weight excluding hydrogens is 353 g/mol. The maximum atomic E-state index is 13.3. The molecule has 7 heteroatoms. The normalized spacial score (nSPS) is 11.8. The largest absolute Gasteiger partial charge is 0.417 e. The monoisotopic (exact) mass is 374 g/mol. The zero-order chi connectivity index (χ0) is 17.4. The lowest BCUT2D eigenvalue weighted by atomic mass is 10.1. The number of aromatic nitrogens is 2. The molecule has 0 amide bonds. The minimum Gasteiger partial charge on any atom is -0.166 e. The number of hydrogen-bond acceptors (Lipinski definition) is 4. The molecule has 0 unspecified atom stereocenters. The van der Waals surface area contributed by atoms with Gasteiger partial charge < -0.3 is 0 Å². The van der Waals surface area contributed by atoms with Gasteiger partial charge in [0.1, 0.15) is 10.5 Å². The SMILES string of the molecule is CCCCCCCCSc1ccc(-c2nncs2)cc1C(F)(F)F. The Hall–Kier alpha value is -1.08. The van der Waals surface area contributed by atoms with Crippen LogP contribution < -0.4 is 0 Å². The molecule has 0 atom stereocenters. The first-order chi connectivity index (χ1) is 11.5. The van der Waals surface area contributed by atoms with Crippen LogP contribution in [-0.2, 0) is 6.18 Å². The molecule has 2 rings (SSSR count). The molecular formula is C17H21F3N2S2. The van der Waals surface area contributed by atoms with Gasteiger partial charge in [-0.1, -0.05) is 56.4 Å². The molecule has 1 aromatic carbocycles. The number of rotatable bonds is 9. The molecule has 2 nitrogen and oxygen atoms in total. The van der Waals surface area contributed by atoms with Gasteiger partial charge in [-0.15, -0.1) is 22.0 Å². The fourth-order valence-corrected chi connectivity index (χ4v) is 3.99. The van der Waals surface area contributed by atoms with Gasteiger partial charge in [-0.25, -0.2) is 0 Å². The van der Waals surface area contributed by atoms with Crippen molar-refractivity contribution in [2.45, 2.75) is 56.5 Å². The van der Waals surface area contributed by atoms with Crippen molar-refractivity contribution in [2.75, 3.05) is 5.75 Å². The average Bonchev–Trinajstić information content (AvgIpc) is 3.07. The van der Waals surface area contributed by atoms with Crippen LogP contribution in [-0.4, -0.2) is 16.0 Å². The molecule has 0 spiro atoms. The van der Waals surface area contributed by atoms with Gasteiger partial charge in [0.25, 0.3) is 0 Å². The molecule has 2 aromatic rings. The van der Waals surface area contributed by atoms with Gasteiger partial charge in [-0.2, -0.15) is 13.2 Å². The molecule has 0 N–H and O–H groups in total. The lowest BCUT2D eigenvalue weighted by Gasteiger charge is -2.13. The summed E-state index contributed by atoms with van der Waals surface area (Å²) >= 11 is 2.53. The molecule has 0 bridgehead atoms. The second-order valence-corrected chi connectivity index (χ2v) is 7.54. The Morgan fingerprint density at radius 2 is 1.83 bits per heavy atom. The van der Waals surface area contributed by atoms with Gasteiger partial charge >= 0.3 is 6.18 Å². The van der Waals surface area contributed by atoms with Gasteiger partial charge in [0, 0.05) is 10.5 Å². The fourth-order valence-electron chi connectivity index (χ4n) is 2.37. The summed E-state index contributed by atoms with van der Waals surface area (Å²) in [6.07, 6.45) is 2.48. The molecule has 0 saturated heterocycles. The Kier molecular flexibility index (Phi) is 7.55. The van der Waals surface area contributed by atoms with Crippen LogP contribution in [0.5, 0.6) is 0 Å². The number of benzene rings is 1. The summed E-state index contributed by atoms with van der Waals surface area (Å²) in [7, 11) is 0. The lowest BCUT2D eigenvalue weighted by molar-refractivity contribution is -0.139. The van der Waals surface area contributed by atoms with Crippen molar-refractivity contribution in [1.29, 1.82) is 0 Å². The third-order valence-corrected chi connectivity index (χ3v) is 5.55. The van der Waals surface area contributed by atoms with Crippen molar-refractivity contribution in [3.8, 4) is 10.6 Å².